The molecule has 3 aromatic carbocycles. The van der Waals surface area contributed by atoms with Crippen molar-refractivity contribution in [3.05, 3.63) is 71.8 Å². The molecule has 1 aromatic heterocycles. The van der Waals surface area contributed by atoms with Gasteiger partial charge in [0, 0.05) is 37.4 Å². The summed E-state index contributed by atoms with van der Waals surface area (Å²) in [6, 6.07) is 20.5. The molecule has 1 amide bonds. The first-order chi connectivity index (χ1) is 15.6. The molecule has 1 aliphatic carbocycles. The molecule has 3 N–H and O–H groups in total. The lowest BCUT2D eigenvalue weighted by atomic mass is 9.95. The molecule has 1 aliphatic heterocycles. The summed E-state index contributed by atoms with van der Waals surface area (Å²) in [6.07, 6.45) is 0. The van der Waals surface area contributed by atoms with Crippen LogP contribution in [0.3, 0.4) is 0 Å². The van der Waals surface area contributed by atoms with Crippen LogP contribution in [0.25, 0.3) is 33.5 Å². The first kappa shape index (κ1) is 19.1. The van der Waals surface area contributed by atoms with E-state index in [-0.39, 0.29) is 5.91 Å². The van der Waals surface area contributed by atoms with Gasteiger partial charge in [-0.05, 0) is 47.5 Å². The highest BCUT2D eigenvalue weighted by atomic mass is 16.1. The molecule has 160 valence electrons. The lowest BCUT2D eigenvalue weighted by Crippen LogP contribution is -2.44. The molecule has 0 spiro atoms. The Morgan fingerprint density at radius 1 is 0.969 bits per heavy atom. The number of primary amides is 1. The van der Waals surface area contributed by atoms with Crippen molar-refractivity contribution in [1.29, 1.82) is 0 Å². The maximum Gasteiger partial charge on any atom is 0.229 e. The van der Waals surface area contributed by atoms with Gasteiger partial charge in [0.05, 0.1) is 17.0 Å². The Kier molecular flexibility index (Phi) is 4.30. The van der Waals surface area contributed by atoms with Crippen LogP contribution >= 0.6 is 0 Å². The molecule has 1 fully saturated rings. The predicted molar refractivity (Wildman–Crippen MR) is 128 cm³/mol. The number of carbonyl (C=O) groups is 1. The largest absolute Gasteiger partial charge is 0.369 e. The van der Waals surface area contributed by atoms with E-state index in [0.29, 0.717) is 0 Å². The van der Waals surface area contributed by atoms with E-state index in [1.54, 1.807) is 0 Å². The van der Waals surface area contributed by atoms with Crippen molar-refractivity contribution in [2.75, 3.05) is 38.1 Å². The second-order valence-electron chi connectivity index (χ2n) is 8.77. The number of benzene rings is 3. The van der Waals surface area contributed by atoms with Gasteiger partial charge >= 0.3 is 0 Å². The molecule has 4 aromatic rings. The van der Waals surface area contributed by atoms with Crippen LogP contribution in [-0.4, -0.2) is 54.0 Å². The lowest BCUT2D eigenvalue weighted by molar-refractivity contribution is -0.118. The monoisotopic (exact) mass is 423 g/mol. The number of hydrogen-bond acceptors (Lipinski definition) is 4. The van der Waals surface area contributed by atoms with Crippen LogP contribution in [0.15, 0.2) is 60.7 Å². The number of nitrogens with zero attached hydrogens (tertiary/aromatic N) is 3. The summed E-state index contributed by atoms with van der Waals surface area (Å²) in [5, 5.41) is 0. The fourth-order valence-electron chi connectivity index (χ4n) is 5.15. The van der Waals surface area contributed by atoms with E-state index >= 15 is 0 Å². The standard InChI is InChI=1S/C26H25N5O/c1-30-11-13-31(14-12-30)16-9-10-21-22(15-16)29-26(28-21)20-8-4-7-19-23(20)17-5-2-3-6-18(17)24(19)25(27)32/h2-10,15,24H,11-14H2,1H3,(H2,27,32)(H,28,29)/t24-/m1/s1. The number of aromatic amines is 1. The minimum atomic E-state index is -0.422. The second-order valence-corrected chi connectivity index (χ2v) is 8.77. The smallest absolute Gasteiger partial charge is 0.229 e. The van der Waals surface area contributed by atoms with E-state index in [4.69, 9.17) is 10.7 Å². The third-order valence-electron chi connectivity index (χ3n) is 6.82. The zero-order chi connectivity index (χ0) is 21.8. The van der Waals surface area contributed by atoms with Crippen molar-refractivity contribution in [1.82, 2.24) is 14.9 Å². The third-order valence-corrected chi connectivity index (χ3v) is 6.82. The number of piperazine rings is 1. The molecular formula is C26H25N5O. The van der Waals surface area contributed by atoms with Crippen LogP contribution in [0.4, 0.5) is 5.69 Å². The minimum Gasteiger partial charge on any atom is -0.369 e. The summed E-state index contributed by atoms with van der Waals surface area (Å²) in [5.41, 5.74) is 14.0. The number of H-pyrrole nitrogens is 1. The lowest BCUT2D eigenvalue weighted by Gasteiger charge is -2.34. The van der Waals surface area contributed by atoms with Crippen LogP contribution in [0.2, 0.25) is 0 Å². The number of carbonyl (C=O) groups excluding carboxylic acids is 1. The number of aromatic nitrogens is 2. The molecular weight excluding hydrogens is 398 g/mol. The number of rotatable bonds is 3. The number of anilines is 1. The van der Waals surface area contributed by atoms with Crippen molar-refractivity contribution in [3.8, 4) is 22.5 Å². The van der Waals surface area contributed by atoms with Crippen molar-refractivity contribution in [2.24, 2.45) is 5.73 Å². The summed E-state index contributed by atoms with van der Waals surface area (Å²) < 4.78 is 0. The van der Waals surface area contributed by atoms with Gasteiger partial charge in [0.25, 0.3) is 0 Å². The molecule has 0 saturated carbocycles. The zero-order valence-corrected chi connectivity index (χ0v) is 18.0. The van der Waals surface area contributed by atoms with Crippen molar-refractivity contribution in [3.63, 3.8) is 0 Å². The van der Waals surface area contributed by atoms with E-state index in [9.17, 15) is 4.79 Å². The van der Waals surface area contributed by atoms with Gasteiger partial charge in [0.15, 0.2) is 0 Å². The van der Waals surface area contributed by atoms with Crippen LogP contribution < -0.4 is 10.6 Å². The second kappa shape index (κ2) is 7.21. The Labute approximate surface area is 186 Å². The van der Waals surface area contributed by atoms with Crippen molar-refractivity contribution < 1.29 is 4.79 Å². The summed E-state index contributed by atoms with van der Waals surface area (Å²) >= 11 is 0. The summed E-state index contributed by atoms with van der Waals surface area (Å²) in [4.78, 5) is 25.5. The fourth-order valence-corrected chi connectivity index (χ4v) is 5.15. The number of nitrogens with one attached hydrogen (secondary N) is 1. The van der Waals surface area contributed by atoms with E-state index in [0.717, 1.165) is 70.9 Å². The first-order valence-corrected chi connectivity index (χ1v) is 11.1. The predicted octanol–water partition coefficient (Wildman–Crippen LogP) is 3.58. The Morgan fingerprint density at radius 2 is 1.72 bits per heavy atom. The molecule has 2 aliphatic rings. The van der Waals surface area contributed by atoms with Crippen LogP contribution in [-0.2, 0) is 4.79 Å². The number of hydrogen-bond donors (Lipinski definition) is 2. The highest BCUT2D eigenvalue weighted by Gasteiger charge is 2.34. The van der Waals surface area contributed by atoms with Gasteiger partial charge in [-0.3, -0.25) is 4.79 Å². The van der Waals surface area contributed by atoms with Gasteiger partial charge in [-0.1, -0.05) is 42.5 Å². The average Bonchev–Trinajstić information content (AvgIpc) is 3.38. The van der Waals surface area contributed by atoms with Crippen LogP contribution in [0.5, 0.6) is 0 Å². The Hall–Kier alpha value is -3.64. The Balaban J connectivity index is 1.45. The molecule has 1 atom stereocenters. The number of likely N-dealkylation sites (N-methyl/N-ethyl adjacent to an activating group) is 1. The molecule has 1 saturated heterocycles. The van der Waals surface area contributed by atoms with Gasteiger partial charge in [0.2, 0.25) is 5.91 Å². The SMILES string of the molecule is CN1CCN(c2ccc3nc(-c4cccc5c4-c4ccccc4[C@H]5C(N)=O)[nH]c3c2)CC1. The number of nitrogens with two attached hydrogens (primary N) is 1. The van der Waals surface area contributed by atoms with Crippen molar-refractivity contribution in [2.45, 2.75) is 5.92 Å². The maximum atomic E-state index is 12.3. The molecule has 2 heterocycles. The molecule has 6 heteroatoms. The highest BCUT2D eigenvalue weighted by Crippen LogP contribution is 2.48. The normalized spacial score (nSPS) is 18.0. The quantitative estimate of drug-likeness (QED) is 0.528. The highest BCUT2D eigenvalue weighted by molar-refractivity contribution is 6.00. The molecule has 0 unspecified atom stereocenters. The summed E-state index contributed by atoms with van der Waals surface area (Å²) in [6.45, 7) is 4.20. The van der Waals surface area contributed by atoms with Gasteiger partial charge in [-0.25, -0.2) is 4.98 Å². The molecule has 0 bridgehead atoms. The zero-order valence-electron chi connectivity index (χ0n) is 18.0. The van der Waals surface area contributed by atoms with Crippen LogP contribution in [0, 0.1) is 0 Å². The summed E-state index contributed by atoms with van der Waals surface area (Å²) in [5.74, 6) is 0.0661. The number of imidazole rings is 1. The minimum absolute atomic E-state index is 0.324. The summed E-state index contributed by atoms with van der Waals surface area (Å²) in [7, 11) is 2.17. The fraction of sp³-hybridized carbons (Fsp3) is 0.231. The Bertz CT molecular complexity index is 1350. The number of amides is 1. The number of fused-ring (bicyclic) bond motifs is 4. The topological polar surface area (TPSA) is 78.2 Å². The van der Waals surface area contributed by atoms with E-state index in [1.165, 1.54) is 5.69 Å². The van der Waals surface area contributed by atoms with E-state index < -0.39 is 5.92 Å². The Morgan fingerprint density at radius 3 is 2.53 bits per heavy atom. The van der Waals surface area contributed by atoms with Gasteiger partial charge in [-0.2, -0.15) is 0 Å². The molecule has 6 rings (SSSR count). The maximum absolute atomic E-state index is 12.3. The van der Waals surface area contributed by atoms with Crippen LogP contribution in [0.1, 0.15) is 17.0 Å². The van der Waals surface area contributed by atoms with Gasteiger partial charge in [-0.15, -0.1) is 0 Å². The third kappa shape index (κ3) is 2.91. The van der Waals surface area contributed by atoms with Gasteiger partial charge < -0.3 is 20.5 Å². The average molecular weight is 424 g/mol. The first-order valence-electron chi connectivity index (χ1n) is 11.1. The van der Waals surface area contributed by atoms with E-state index in [1.807, 2.05) is 30.3 Å². The van der Waals surface area contributed by atoms with Gasteiger partial charge in [0.1, 0.15) is 5.82 Å². The molecule has 32 heavy (non-hydrogen) atoms. The molecule has 0 radical (unpaired) electrons. The molecule has 6 nitrogen and oxygen atoms in total. The van der Waals surface area contributed by atoms with Crippen molar-refractivity contribution >= 4 is 22.6 Å². The van der Waals surface area contributed by atoms with E-state index in [2.05, 4.69) is 52.2 Å².